The molecule has 200 valence electrons. The topological polar surface area (TPSA) is 58.6 Å². The highest BCUT2D eigenvalue weighted by molar-refractivity contribution is 5.98. The summed E-state index contributed by atoms with van der Waals surface area (Å²) in [7, 11) is 1.41. The summed E-state index contributed by atoms with van der Waals surface area (Å²) in [4.78, 5) is 29.4. The molecule has 1 aliphatic rings. The van der Waals surface area contributed by atoms with E-state index in [4.69, 9.17) is 4.74 Å². The Labute approximate surface area is 225 Å². The summed E-state index contributed by atoms with van der Waals surface area (Å²) >= 11 is 0. The van der Waals surface area contributed by atoms with Crippen molar-refractivity contribution < 1.29 is 18.7 Å². The molecule has 2 amide bonds. The molecule has 3 aromatic carbocycles. The molecule has 5 nitrogen and oxygen atoms in total. The fraction of sp³-hybridized carbons (Fsp3) is 0.375. The number of halogens is 1. The van der Waals surface area contributed by atoms with Gasteiger partial charge in [-0.05, 0) is 79.1 Å². The van der Waals surface area contributed by atoms with Crippen LogP contribution in [0.5, 0.6) is 5.75 Å². The van der Waals surface area contributed by atoms with Gasteiger partial charge < -0.3 is 15.0 Å². The fourth-order valence-electron chi connectivity index (χ4n) is 5.28. The normalized spacial score (nSPS) is 17.7. The van der Waals surface area contributed by atoms with Gasteiger partial charge in [0.1, 0.15) is 0 Å². The predicted molar refractivity (Wildman–Crippen MR) is 149 cm³/mol. The van der Waals surface area contributed by atoms with Crippen LogP contribution in [-0.4, -0.2) is 30.4 Å². The molecule has 3 aromatic rings. The Morgan fingerprint density at radius 3 is 2.45 bits per heavy atom. The summed E-state index contributed by atoms with van der Waals surface area (Å²) in [6.45, 7) is 10.8. The monoisotopic (exact) mass is 516 g/mol. The largest absolute Gasteiger partial charge is 0.494 e. The van der Waals surface area contributed by atoms with Crippen LogP contribution in [0.4, 0.5) is 10.1 Å². The second-order valence-corrected chi connectivity index (χ2v) is 11.2. The van der Waals surface area contributed by atoms with Gasteiger partial charge in [-0.3, -0.25) is 9.59 Å². The number of nitrogens with zero attached hydrogens (tertiary/aromatic N) is 1. The summed E-state index contributed by atoms with van der Waals surface area (Å²) in [6, 6.07) is 17.6. The predicted octanol–water partition coefficient (Wildman–Crippen LogP) is 6.98. The number of ether oxygens (including phenoxy) is 1. The van der Waals surface area contributed by atoms with Crippen LogP contribution >= 0.6 is 0 Å². The first-order valence-corrected chi connectivity index (χ1v) is 13.1. The Morgan fingerprint density at radius 1 is 1.03 bits per heavy atom. The summed E-state index contributed by atoms with van der Waals surface area (Å²) < 4.78 is 20.0. The Hall–Kier alpha value is -3.67. The number of carbonyl (C=O) groups excluding carboxylic acids is 2. The van der Waals surface area contributed by atoms with E-state index in [9.17, 15) is 14.0 Å². The molecule has 4 rings (SSSR count). The maximum Gasteiger partial charge on any atom is 0.254 e. The Morgan fingerprint density at radius 2 is 1.79 bits per heavy atom. The van der Waals surface area contributed by atoms with Gasteiger partial charge >= 0.3 is 0 Å². The van der Waals surface area contributed by atoms with Crippen molar-refractivity contribution in [1.29, 1.82) is 0 Å². The minimum absolute atomic E-state index is 0.0656. The first-order valence-electron chi connectivity index (χ1n) is 13.1. The van der Waals surface area contributed by atoms with Crippen molar-refractivity contribution in [3.63, 3.8) is 0 Å². The van der Waals surface area contributed by atoms with Crippen LogP contribution in [0.2, 0.25) is 0 Å². The molecule has 0 aromatic heterocycles. The van der Waals surface area contributed by atoms with Crippen LogP contribution in [0.1, 0.15) is 72.3 Å². The number of anilines is 1. The van der Waals surface area contributed by atoms with E-state index in [-0.39, 0.29) is 23.0 Å². The highest BCUT2D eigenvalue weighted by atomic mass is 19.1. The molecule has 0 radical (unpaired) electrons. The van der Waals surface area contributed by atoms with Crippen LogP contribution in [0.25, 0.3) is 0 Å². The van der Waals surface area contributed by atoms with E-state index < -0.39 is 17.8 Å². The van der Waals surface area contributed by atoms with E-state index in [1.54, 1.807) is 17.0 Å². The van der Waals surface area contributed by atoms with Gasteiger partial charge in [0.2, 0.25) is 5.91 Å². The average Bonchev–Trinajstić information content (AvgIpc) is 2.87. The van der Waals surface area contributed by atoms with E-state index in [1.807, 2.05) is 56.3 Å². The highest BCUT2D eigenvalue weighted by Gasteiger charge is 2.40. The number of hydrogen-bond donors (Lipinski definition) is 1. The van der Waals surface area contributed by atoms with E-state index in [0.29, 0.717) is 36.2 Å². The number of amides is 2. The minimum Gasteiger partial charge on any atom is -0.494 e. The van der Waals surface area contributed by atoms with E-state index in [2.05, 4.69) is 26.1 Å². The van der Waals surface area contributed by atoms with Crippen molar-refractivity contribution >= 4 is 17.5 Å². The summed E-state index contributed by atoms with van der Waals surface area (Å²) in [5.74, 6) is -1.29. The Balaban J connectivity index is 1.72. The van der Waals surface area contributed by atoms with Gasteiger partial charge in [-0.25, -0.2) is 4.39 Å². The maximum atomic E-state index is 14.9. The molecular formula is C32H37FN2O3. The maximum absolute atomic E-state index is 14.9. The van der Waals surface area contributed by atoms with Crippen molar-refractivity contribution in [3.8, 4) is 5.75 Å². The molecule has 0 spiro atoms. The van der Waals surface area contributed by atoms with Crippen molar-refractivity contribution in [2.75, 3.05) is 19.0 Å². The zero-order valence-corrected chi connectivity index (χ0v) is 23.1. The third-order valence-corrected chi connectivity index (χ3v) is 7.35. The molecule has 1 N–H and O–H groups in total. The molecule has 1 aliphatic heterocycles. The first-order chi connectivity index (χ1) is 18.0. The lowest BCUT2D eigenvalue weighted by Gasteiger charge is -2.41. The number of benzene rings is 3. The zero-order chi connectivity index (χ0) is 27.6. The summed E-state index contributed by atoms with van der Waals surface area (Å²) in [6.07, 6.45) is 1.26. The quantitative estimate of drug-likeness (QED) is 0.398. The van der Waals surface area contributed by atoms with Crippen molar-refractivity contribution in [2.24, 2.45) is 5.92 Å². The third kappa shape index (κ3) is 5.74. The number of methoxy groups -OCH3 is 1. The third-order valence-electron chi connectivity index (χ3n) is 7.35. The number of hydrogen-bond acceptors (Lipinski definition) is 3. The number of piperidine rings is 1. The van der Waals surface area contributed by atoms with Gasteiger partial charge in [-0.15, -0.1) is 0 Å². The molecule has 1 saturated heterocycles. The molecule has 0 bridgehead atoms. The van der Waals surface area contributed by atoms with Gasteiger partial charge in [0.15, 0.2) is 11.6 Å². The second-order valence-electron chi connectivity index (χ2n) is 11.2. The molecule has 2 unspecified atom stereocenters. The van der Waals surface area contributed by atoms with Crippen LogP contribution < -0.4 is 10.1 Å². The highest BCUT2D eigenvalue weighted by Crippen LogP contribution is 2.39. The lowest BCUT2D eigenvalue weighted by molar-refractivity contribution is -0.123. The van der Waals surface area contributed by atoms with Gasteiger partial charge in [0.05, 0.1) is 19.1 Å². The molecule has 0 aliphatic carbocycles. The van der Waals surface area contributed by atoms with Gasteiger partial charge in [-0.2, -0.15) is 0 Å². The standard InChI is InChI=1S/C32H37FN2O3/c1-20-12-14-25(21(2)17-20)31(37)35-16-8-11-26(29(35)22-13-15-28(38-6)27(33)18-22)30(36)34-24-10-7-9-23(19-24)32(3,4)5/h7,9-10,12-15,17-19,26,29H,8,11,16H2,1-6H3,(H,34,36). The lowest BCUT2D eigenvalue weighted by Crippen LogP contribution is -2.46. The zero-order valence-electron chi connectivity index (χ0n) is 23.1. The average molecular weight is 517 g/mol. The SMILES string of the molecule is COc1ccc(C2C(C(=O)Nc3cccc(C(C)(C)C)c3)CCCN2C(=O)c2ccc(C)cc2C)cc1F. The molecule has 2 atom stereocenters. The Kier molecular flexibility index (Phi) is 7.91. The van der Waals surface area contributed by atoms with Gasteiger partial charge in [-0.1, -0.05) is 56.7 Å². The van der Waals surface area contributed by atoms with Crippen molar-refractivity contribution in [3.05, 3.63) is 94.3 Å². The smallest absolute Gasteiger partial charge is 0.254 e. The Bertz CT molecular complexity index is 1340. The molecule has 1 heterocycles. The van der Waals surface area contributed by atoms with Crippen LogP contribution in [-0.2, 0) is 10.2 Å². The minimum atomic E-state index is -0.622. The van der Waals surface area contributed by atoms with Gasteiger partial charge in [0.25, 0.3) is 5.91 Å². The van der Waals surface area contributed by atoms with Crippen molar-refractivity contribution in [1.82, 2.24) is 4.90 Å². The summed E-state index contributed by atoms with van der Waals surface area (Å²) in [5.41, 5.74) is 4.86. The molecule has 0 saturated carbocycles. The number of aryl methyl sites for hydroxylation is 2. The molecule has 1 fully saturated rings. The number of nitrogens with one attached hydrogen (secondary N) is 1. The summed E-state index contributed by atoms with van der Waals surface area (Å²) in [5, 5.41) is 3.08. The van der Waals surface area contributed by atoms with Crippen LogP contribution in [0, 0.1) is 25.6 Å². The number of rotatable bonds is 5. The molecular weight excluding hydrogens is 479 g/mol. The number of carbonyl (C=O) groups is 2. The van der Waals surface area contributed by atoms with E-state index in [1.165, 1.54) is 13.2 Å². The first kappa shape index (κ1) is 27.4. The molecule has 38 heavy (non-hydrogen) atoms. The van der Waals surface area contributed by atoms with Crippen LogP contribution in [0.3, 0.4) is 0 Å². The van der Waals surface area contributed by atoms with E-state index in [0.717, 1.165) is 16.7 Å². The fourth-order valence-corrected chi connectivity index (χ4v) is 5.28. The van der Waals surface area contributed by atoms with Crippen molar-refractivity contribution in [2.45, 2.75) is 58.9 Å². The number of likely N-dealkylation sites (tertiary alicyclic amines) is 1. The lowest BCUT2D eigenvalue weighted by atomic mass is 9.83. The molecule has 6 heteroatoms. The van der Waals surface area contributed by atoms with Crippen LogP contribution in [0.15, 0.2) is 60.7 Å². The second kappa shape index (κ2) is 11.0. The van der Waals surface area contributed by atoms with E-state index >= 15 is 0 Å². The van der Waals surface area contributed by atoms with Gasteiger partial charge in [0, 0.05) is 17.8 Å².